The highest BCUT2D eigenvalue weighted by Crippen LogP contribution is 2.34. The first-order valence-electron chi connectivity index (χ1n) is 3.70. The molecule has 1 N–H and O–H groups in total. The van der Waals surface area contributed by atoms with E-state index in [0.717, 1.165) is 19.4 Å². The van der Waals surface area contributed by atoms with Gasteiger partial charge in [0.1, 0.15) is 5.75 Å². The first-order chi connectivity index (χ1) is 6.49. The molecule has 14 heavy (non-hydrogen) atoms. The van der Waals surface area contributed by atoms with Gasteiger partial charge in [-0.3, -0.25) is 0 Å². The lowest BCUT2D eigenvalue weighted by atomic mass is 10.2. The molecular weight excluding hydrogens is 199 g/mol. The highest BCUT2D eigenvalue weighted by molar-refractivity contribution is 5.33. The minimum Gasteiger partial charge on any atom is -0.494 e. The summed E-state index contributed by atoms with van der Waals surface area (Å²) in [7, 11) is 1.12. The maximum absolute atomic E-state index is 12.3. The Balaban J connectivity index is 3.18. The van der Waals surface area contributed by atoms with Crippen LogP contribution in [0.2, 0.25) is 0 Å². The fourth-order valence-corrected chi connectivity index (χ4v) is 0.940. The van der Waals surface area contributed by atoms with Gasteiger partial charge >= 0.3 is 6.18 Å². The predicted molar refractivity (Wildman–Crippen MR) is 41.7 cm³/mol. The van der Waals surface area contributed by atoms with Gasteiger partial charge in [-0.15, -0.1) is 0 Å². The van der Waals surface area contributed by atoms with Crippen molar-refractivity contribution < 1.29 is 23.0 Å². The Morgan fingerprint density at radius 1 is 1.50 bits per heavy atom. The number of alkyl halides is 3. The lowest BCUT2D eigenvalue weighted by Gasteiger charge is -2.11. The quantitative estimate of drug-likeness (QED) is 0.800. The van der Waals surface area contributed by atoms with Crippen LogP contribution in [0.4, 0.5) is 13.2 Å². The molecule has 0 saturated carbocycles. The third kappa shape index (κ3) is 2.14. The van der Waals surface area contributed by atoms with Crippen molar-refractivity contribution >= 4 is 0 Å². The molecule has 1 rings (SSSR count). The van der Waals surface area contributed by atoms with Crippen LogP contribution in [-0.2, 0) is 12.8 Å². The van der Waals surface area contributed by atoms with Gasteiger partial charge in [-0.25, -0.2) is 4.98 Å². The number of nitrogens with zero attached hydrogens (tertiary/aromatic N) is 1. The second kappa shape index (κ2) is 3.83. The van der Waals surface area contributed by atoms with Crippen LogP contribution < -0.4 is 4.74 Å². The van der Waals surface area contributed by atoms with E-state index in [1.807, 2.05) is 0 Å². The van der Waals surface area contributed by atoms with Gasteiger partial charge in [0, 0.05) is 6.20 Å². The molecule has 0 fully saturated rings. The molecule has 0 spiro atoms. The van der Waals surface area contributed by atoms with Crippen LogP contribution in [-0.4, -0.2) is 17.2 Å². The van der Waals surface area contributed by atoms with Gasteiger partial charge in [0.25, 0.3) is 0 Å². The third-order valence-electron chi connectivity index (χ3n) is 1.58. The Morgan fingerprint density at radius 2 is 2.14 bits per heavy atom. The van der Waals surface area contributed by atoms with Crippen LogP contribution in [0.3, 0.4) is 0 Å². The standard InChI is InChI=1S/C8H8F3NO2/c1-14-6-2-5(4-13)3-12-7(6)8(9,10)11/h2-3,13H,4H2,1H3. The summed E-state index contributed by atoms with van der Waals surface area (Å²) in [5.41, 5.74) is -0.813. The van der Waals surface area contributed by atoms with Crippen LogP contribution in [0.25, 0.3) is 0 Å². The van der Waals surface area contributed by atoms with Crippen LogP contribution in [0, 0.1) is 0 Å². The number of hydrogen-bond acceptors (Lipinski definition) is 3. The molecule has 3 nitrogen and oxygen atoms in total. The maximum atomic E-state index is 12.3. The van der Waals surface area contributed by atoms with E-state index in [1.54, 1.807) is 0 Å². The monoisotopic (exact) mass is 207 g/mol. The molecule has 0 unspecified atom stereocenters. The number of aliphatic hydroxyl groups is 1. The largest absolute Gasteiger partial charge is 0.494 e. The normalized spacial score (nSPS) is 11.5. The highest BCUT2D eigenvalue weighted by Gasteiger charge is 2.36. The van der Waals surface area contributed by atoms with Gasteiger partial charge in [-0.1, -0.05) is 0 Å². The Bertz CT molecular complexity index is 325. The number of halogens is 3. The minimum atomic E-state index is -4.54. The molecule has 0 saturated heterocycles. The van der Waals surface area contributed by atoms with E-state index in [-0.39, 0.29) is 17.9 Å². The SMILES string of the molecule is COc1cc(CO)cnc1C(F)(F)F. The van der Waals surface area contributed by atoms with Gasteiger partial charge < -0.3 is 9.84 Å². The van der Waals surface area contributed by atoms with Gasteiger partial charge in [-0.05, 0) is 11.6 Å². The van der Waals surface area contributed by atoms with E-state index in [2.05, 4.69) is 9.72 Å². The molecule has 0 atom stereocenters. The smallest absolute Gasteiger partial charge is 0.437 e. The van der Waals surface area contributed by atoms with E-state index < -0.39 is 11.9 Å². The van der Waals surface area contributed by atoms with Gasteiger partial charge in [0.2, 0.25) is 0 Å². The van der Waals surface area contributed by atoms with E-state index in [4.69, 9.17) is 5.11 Å². The van der Waals surface area contributed by atoms with Gasteiger partial charge in [0.15, 0.2) is 5.69 Å². The van der Waals surface area contributed by atoms with Gasteiger partial charge in [-0.2, -0.15) is 13.2 Å². The predicted octanol–water partition coefficient (Wildman–Crippen LogP) is 1.60. The molecule has 0 bridgehead atoms. The molecule has 0 amide bonds. The number of hydrogen-bond donors (Lipinski definition) is 1. The van der Waals surface area contributed by atoms with E-state index in [1.165, 1.54) is 0 Å². The molecule has 0 aliphatic heterocycles. The second-order valence-corrected chi connectivity index (χ2v) is 2.55. The summed E-state index contributed by atoms with van der Waals surface area (Å²) < 4.78 is 41.3. The topological polar surface area (TPSA) is 42.4 Å². The number of rotatable bonds is 2. The number of methoxy groups -OCH3 is 1. The lowest BCUT2D eigenvalue weighted by Crippen LogP contribution is -2.10. The molecule has 78 valence electrons. The van der Waals surface area contributed by atoms with Crippen molar-refractivity contribution in [1.29, 1.82) is 0 Å². The van der Waals surface area contributed by atoms with Crippen LogP contribution >= 0.6 is 0 Å². The van der Waals surface area contributed by atoms with Crippen molar-refractivity contribution in [3.05, 3.63) is 23.5 Å². The lowest BCUT2D eigenvalue weighted by molar-refractivity contribution is -0.142. The fourth-order valence-electron chi connectivity index (χ4n) is 0.940. The Hall–Kier alpha value is -1.30. The molecule has 0 aliphatic carbocycles. The van der Waals surface area contributed by atoms with Crippen LogP contribution in [0.5, 0.6) is 5.75 Å². The molecule has 0 aromatic carbocycles. The zero-order chi connectivity index (χ0) is 10.8. The van der Waals surface area contributed by atoms with Crippen molar-refractivity contribution in [2.75, 3.05) is 7.11 Å². The van der Waals surface area contributed by atoms with E-state index >= 15 is 0 Å². The van der Waals surface area contributed by atoms with E-state index in [0.29, 0.717) is 0 Å². The van der Waals surface area contributed by atoms with Crippen molar-refractivity contribution in [3.8, 4) is 5.75 Å². The summed E-state index contributed by atoms with van der Waals surface area (Å²) in [6.45, 7) is -0.374. The van der Waals surface area contributed by atoms with Crippen molar-refractivity contribution in [2.45, 2.75) is 12.8 Å². The van der Waals surface area contributed by atoms with E-state index in [9.17, 15) is 13.2 Å². The second-order valence-electron chi connectivity index (χ2n) is 2.55. The first-order valence-corrected chi connectivity index (χ1v) is 3.70. The molecule has 6 heteroatoms. The molecule has 1 aromatic rings. The zero-order valence-corrected chi connectivity index (χ0v) is 7.30. The minimum absolute atomic E-state index is 0.273. The Kier molecular flexibility index (Phi) is 2.95. The fraction of sp³-hybridized carbons (Fsp3) is 0.375. The van der Waals surface area contributed by atoms with Crippen LogP contribution in [0.15, 0.2) is 12.3 Å². The Labute approximate surface area is 78.2 Å². The maximum Gasteiger partial charge on any atom is 0.437 e. The third-order valence-corrected chi connectivity index (χ3v) is 1.58. The number of aliphatic hydroxyl groups excluding tert-OH is 1. The summed E-state index contributed by atoms with van der Waals surface area (Å²) in [5.74, 6) is -0.385. The summed E-state index contributed by atoms with van der Waals surface area (Å²) in [4.78, 5) is 3.18. The molecule has 1 aromatic heterocycles. The average Bonchev–Trinajstić information content (AvgIpc) is 2.15. The highest BCUT2D eigenvalue weighted by atomic mass is 19.4. The van der Waals surface area contributed by atoms with Crippen molar-refractivity contribution in [2.24, 2.45) is 0 Å². The summed E-state index contributed by atoms with van der Waals surface area (Å²) in [5, 5.41) is 8.67. The first kappa shape index (κ1) is 10.8. The number of ether oxygens (including phenoxy) is 1. The average molecular weight is 207 g/mol. The van der Waals surface area contributed by atoms with Crippen molar-refractivity contribution in [1.82, 2.24) is 4.98 Å². The summed E-state index contributed by atoms with van der Waals surface area (Å²) in [6, 6.07) is 1.11. The van der Waals surface area contributed by atoms with Crippen molar-refractivity contribution in [3.63, 3.8) is 0 Å². The van der Waals surface area contributed by atoms with Gasteiger partial charge in [0.05, 0.1) is 13.7 Å². The molecular formula is C8H8F3NO2. The Morgan fingerprint density at radius 3 is 2.57 bits per heavy atom. The zero-order valence-electron chi connectivity index (χ0n) is 7.30. The van der Waals surface area contributed by atoms with Crippen LogP contribution in [0.1, 0.15) is 11.3 Å². The molecule has 0 radical (unpaired) electrons. The molecule has 1 heterocycles. The molecule has 0 aliphatic rings. The number of pyridine rings is 1. The summed E-state index contributed by atoms with van der Waals surface area (Å²) >= 11 is 0. The number of aromatic nitrogens is 1. The summed E-state index contributed by atoms with van der Waals surface area (Å²) in [6.07, 6.45) is -3.58.